The Bertz CT molecular complexity index is 873. The maximum Gasteiger partial charge on any atom is 0.128 e. The Kier molecular flexibility index (Phi) is 4.64. The Morgan fingerprint density at radius 3 is 2.87 bits per heavy atom. The first kappa shape index (κ1) is 16.0. The predicted octanol–water partition coefficient (Wildman–Crippen LogP) is 5.68. The van der Waals surface area contributed by atoms with Crippen molar-refractivity contribution in [3.05, 3.63) is 47.0 Å². The fraction of sp³-hybridized carbons (Fsp3) is 0.222. The summed E-state index contributed by atoms with van der Waals surface area (Å²) >= 11 is 7.55. The van der Waals surface area contributed by atoms with Gasteiger partial charge in [-0.1, -0.05) is 31.0 Å². The quantitative estimate of drug-likeness (QED) is 0.584. The summed E-state index contributed by atoms with van der Waals surface area (Å²) in [5, 5.41) is 19.3. The van der Waals surface area contributed by atoms with Crippen LogP contribution in [0.5, 0.6) is 5.75 Å². The van der Waals surface area contributed by atoms with Gasteiger partial charge in [0.2, 0.25) is 0 Å². The second-order valence-corrected chi connectivity index (χ2v) is 6.98. The van der Waals surface area contributed by atoms with Gasteiger partial charge in [-0.05, 0) is 42.3 Å². The number of thiazole rings is 1. The molecule has 1 aromatic heterocycles. The number of halogens is 1. The highest BCUT2D eigenvalue weighted by molar-refractivity contribution is 7.21. The van der Waals surface area contributed by atoms with E-state index in [1.165, 1.54) is 11.3 Å². The third-order valence-electron chi connectivity index (χ3n) is 3.61. The first-order valence-electron chi connectivity index (χ1n) is 7.51. The van der Waals surface area contributed by atoms with Crippen molar-refractivity contribution in [3.63, 3.8) is 0 Å². The Labute approximate surface area is 144 Å². The average Bonchev–Trinajstić information content (AvgIpc) is 2.93. The van der Waals surface area contributed by atoms with Crippen LogP contribution in [-0.4, -0.2) is 15.8 Å². The maximum atomic E-state index is 10.0. The first-order valence-corrected chi connectivity index (χ1v) is 8.71. The van der Waals surface area contributed by atoms with Crippen molar-refractivity contribution in [2.45, 2.75) is 26.2 Å². The maximum absolute atomic E-state index is 10.0. The highest BCUT2D eigenvalue weighted by Gasteiger charge is 2.12. The number of phenolic OH excluding ortho intramolecular Hbond substituents is 1. The number of hydrogen-bond acceptors (Lipinski definition) is 4. The minimum absolute atomic E-state index is 0.179. The van der Waals surface area contributed by atoms with Crippen molar-refractivity contribution >= 4 is 38.9 Å². The molecule has 118 valence electrons. The normalized spacial score (nSPS) is 11.0. The first-order chi connectivity index (χ1) is 11.1. The minimum atomic E-state index is 0.179. The largest absolute Gasteiger partial charge is 0.507 e. The number of benzene rings is 2. The molecular formula is C18H17ClN2OS. The lowest BCUT2D eigenvalue weighted by Gasteiger charge is -2.02. The molecule has 0 atom stereocenters. The van der Waals surface area contributed by atoms with E-state index in [9.17, 15) is 5.11 Å². The summed E-state index contributed by atoms with van der Waals surface area (Å²) in [5.41, 5.74) is 3.43. The van der Waals surface area contributed by atoms with Gasteiger partial charge in [0.1, 0.15) is 10.8 Å². The molecular weight excluding hydrogens is 328 g/mol. The Morgan fingerprint density at radius 1 is 1.26 bits per heavy atom. The molecule has 0 radical (unpaired) electrons. The van der Waals surface area contributed by atoms with E-state index in [1.54, 1.807) is 18.2 Å². The van der Waals surface area contributed by atoms with Crippen molar-refractivity contribution in [3.8, 4) is 16.3 Å². The predicted molar refractivity (Wildman–Crippen MR) is 98.1 cm³/mol. The molecule has 0 aliphatic carbocycles. The fourth-order valence-corrected chi connectivity index (χ4v) is 3.74. The Hall–Kier alpha value is -1.91. The van der Waals surface area contributed by atoms with E-state index in [0.717, 1.165) is 39.3 Å². The van der Waals surface area contributed by atoms with Gasteiger partial charge in [0, 0.05) is 17.2 Å². The van der Waals surface area contributed by atoms with Crippen molar-refractivity contribution in [2.75, 3.05) is 0 Å². The van der Waals surface area contributed by atoms with Crippen LogP contribution in [0.2, 0.25) is 5.02 Å². The summed E-state index contributed by atoms with van der Waals surface area (Å²) in [6.07, 6.45) is 2.52. The van der Waals surface area contributed by atoms with Crippen LogP contribution >= 0.6 is 22.9 Å². The van der Waals surface area contributed by atoms with Crippen molar-refractivity contribution in [2.24, 2.45) is 0 Å². The molecule has 0 aliphatic heterocycles. The van der Waals surface area contributed by atoms with Crippen LogP contribution < -0.4 is 0 Å². The zero-order valence-corrected chi connectivity index (χ0v) is 14.3. The molecule has 3 rings (SSSR count). The van der Waals surface area contributed by atoms with E-state index in [1.807, 2.05) is 12.1 Å². The van der Waals surface area contributed by atoms with Crippen molar-refractivity contribution in [1.29, 1.82) is 5.41 Å². The fourth-order valence-electron chi connectivity index (χ4n) is 2.51. The Balaban J connectivity index is 1.96. The lowest BCUT2D eigenvalue weighted by Crippen LogP contribution is -2.00. The van der Waals surface area contributed by atoms with Gasteiger partial charge in [-0.3, -0.25) is 0 Å². The molecule has 0 unspecified atom stereocenters. The molecule has 0 fully saturated rings. The summed E-state index contributed by atoms with van der Waals surface area (Å²) < 4.78 is 1.06. The van der Waals surface area contributed by atoms with E-state index < -0.39 is 0 Å². The number of hydrogen-bond donors (Lipinski definition) is 2. The average molecular weight is 345 g/mol. The van der Waals surface area contributed by atoms with Crippen molar-refractivity contribution in [1.82, 2.24) is 4.98 Å². The van der Waals surface area contributed by atoms with Crippen LogP contribution in [-0.2, 0) is 6.42 Å². The number of phenols is 1. The molecule has 0 bridgehead atoms. The van der Waals surface area contributed by atoms with Gasteiger partial charge >= 0.3 is 0 Å². The van der Waals surface area contributed by atoms with Crippen molar-refractivity contribution < 1.29 is 5.11 Å². The molecule has 23 heavy (non-hydrogen) atoms. The van der Waals surface area contributed by atoms with Crippen LogP contribution in [0.15, 0.2) is 36.4 Å². The standard InChI is InChI=1S/C18H17ClN2OS/c1-2-3-13(20)8-11-4-6-15-17(9-11)23-18(21-15)14-10-12(19)5-7-16(14)22/h4-7,9-10,20,22H,2-3,8H2,1H3. The molecule has 5 heteroatoms. The van der Waals surface area contributed by atoms with Gasteiger partial charge < -0.3 is 10.5 Å². The molecule has 3 aromatic rings. The number of aromatic nitrogens is 1. The molecule has 0 spiro atoms. The van der Waals surface area contributed by atoms with Gasteiger partial charge in [0.25, 0.3) is 0 Å². The van der Waals surface area contributed by atoms with Crippen LogP contribution in [0.25, 0.3) is 20.8 Å². The zero-order valence-electron chi connectivity index (χ0n) is 12.8. The van der Waals surface area contributed by atoms with Gasteiger partial charge in [-0.25, -0.2) is 4.98 Å². The van der Waals surface area contributed by atoms with Gasteiger partial charge in [0.05, 0.1) is 15.8 Å². The number of rotatable bonds is 5. The lowest BCUT2D eigenvalue weighted by atomic mass is 10.1. The summed E-state index contributed by atoms with van der Waals surface area (Å²) in [6, 6.07) is 11.1. The third-order valence-corrected chi connectivity index (χ3v) is 4.90. The van der Waals surface area contributed by atoms with E-state index in [2.05, 4.69) is 18.0 Å². The monoisotopic (exact) mass is 344 g/mol. The number of fused-ring (bicyclic) bond motifs is 1. The zero-order chi connectivity index (χ0) is 16.4. The molecule has 3 nitrogen and oxygen atoms in total. The van der Waals surface area contributed by atoms with E-state index >= 15 is 0 Å². The number of aromatic hydroxyl groups is 1. The summed E-state index contributed by atoms with van der Waals surface area (Å²) in [6.45, 7) is 2.09. The summed E-state index contributed by atoms with van der Waals surface area (Å²) in [4.78, 5) is 4.59. The van der Waals surface area contributed by atoms with Gasteiger partial charge in [-0.2, -0.15) is 0 Å². The molecule has 0 aliphatic rings. The van der Waals surface area contributed by atoms with Gasteiger partial charge in [-0.15, -0.1) is 11.3 Å². The van der Waals surface area contributed by atoms with Crippen LogP contribution in [0.3, 0.4) is 0 Å². The van der Waals surface area contributed by atoms with E-state index in [0.29, 0.717) is 17.0 Å². The summed E-state index contributed by atoms with van der Waals surface area (Å²) in [7, 11) is 0. The van der Waals surface area contributed by atoms with Crippen LogP contribution in [0, 0.1) is 5.41 Å². The van der Waals surface area contributed by atoms with E-state index in [-0.39, 0.29) is 5.75 Å². The lowest BCUT2D eigenvalue weighted by molar-refractivity contribution is 0.477. The number of nitrogens with zero attached hydrogens (tertiary/aromatic N) is 1. The van der Waals surface area contributed by atoms with Crippen LogP contribution in [0.1, 0.15) is 25.3 Å². The second-order valence-electron chi connectivity index (χ2n) is 5.51. The topological polar surface area (TPSA) is 57.0 Å². The molecule has 0 amide bonds. The molecule has 2 aromatic carbocycles. The SMILES string of the molecule is CCCC(=N)Cc1ccc2nc(-c3cc(Cl)ccc3O)sc2c1. The van der Waals surface area contributed by atoms with Gasteiger partial charge in [0.15, 0.2) is 0 Å². The Morgan fingerprint density at radius 2 is 2.09 bits per heavy atom. The molecule has 1 heterocycles. The molecule has 2 N–H and O–H groups in total. The third kappa shape index (κ3) is 3.54. The smallest absolute Gasteiger partial charge is 0.128 e. The highest BCUT2D eigenvalue weighted by atomic mass is 35.5. The second kappa shape index (κ2) is 6.69. The van der Waals surface area contributed by atoms with E-state index in [4.69, 9.17) is 17.0 Å². The summed E-state index contributed by atoms with van der Waals surface area (Å²) in [5.74, 6) is 0.179. The molecule has 0 saturated heterocycles. The van der Waals surface area contributed by atoms with Crippen LogP contribution in [0.4, 0.5) is 0 Å². The highest BCUT2D eigenvalue weighted by Crippen LogP contribution is 2.37. The number of nitrogens with one attached hydrogen (secondary N) is 1. The minimum Gasteiger partial charge on any atom is -0.507 e. The molecule has 0 saturated carbocycles.